The highest BCUT2D eigenvalue weighted by molar-refractivity contribution is 5.81. The molecule has 1 amide bonds. The van der Waals surface area contributed by atoms with Crippen molar-refractivity contribution in [2.75, 3.05) is 25.4 Å². The molecule has 4 N–H and O–H groups in total. The predicted octanol–water partition coefficient (Wildman–Crippen LogP) is -0.110. The molecule has 11 heteroatoms. The molecule has 3 atom stereocenters. The van der Waals surface area contributed by atoms with Crippen molar-refractivity contribution in [3.63, 3.8) is 0 Å². The number of nitrogen functional groups attached to an aromatic ring is 1. The van der Waals surface area contributed by atoms with Gasteiger partial charge in [0, 0.05) is 19.5 Å². The summed E-state index contributed by atoms with van der Waals surface area (Å²) in [7, 11) is 0. The molecular formula is C15H22N6O5. The van der Waals surface area contributed by atoms with Gasteiger partial charge in [0.05, 0.1) is 19.0 Å². The Bertz CT molecular complexity index is 792. The van der Waals surface area contributed by atoms with Crippen molar-refractivity contribution in [3.8, 4) is 5.88 Å². The van der Waals surface area contributed by atoms with Crippen molar-refractivity contribution < 1.29 is 24.5 Å². The van der Waals surface area contributed by atoms with Crippen LogP contribution in [-0.4, -0.2) is 72.6 Å². The molecule has 26 heavy (non-hydrogen) atoms. The Morgan fingerprint density at radius 1 is 1.46 bits per heavy atom. The molecule has 1 aliphatic rings. The fourth-order valence-corrected chi connectivity index (χ4v) is 2.87. The topological polar surface area (TPSA) is 149 Å². The minimum absolute atomic E-state index is 0.0413. The normalized spacial score (nSPS) is 22.7. The van der Waals surface area contributed by atoms with Crippen LogP contribution in [0.1, 0.15) is 26.5 Å². The number of aliphatic hydroxyl groups excluding tert-OH is 2. The van der Waals surface area contributed by atoms with Crippen LogP contribution in [0.4, 0.5) is 10.7 Å². The van der Waals surface area contributed by atoms with Crippen LogP contribution >= 0.6 is 0 Å². The number of nitrogens with zero attached hydrogens (tertiary/aromatic N) is 5. The second-order valence-corrected chi connectivity index (χ2v) is 5.87. The Morgan fingerprint density at radius 2 is 2.19 bits per heavy atom. The lowest BCUT2D eigenvalue weighted by molar-refractivity contribution is -0.0432. The SMILES string of the molecule is CCN(CC)C(=O)Oc1nc(N)nc2c1ncn2C1CC(O)C(CO)O1. The van der Waals surface area contributed by atoms with Crippen molar-refractivity contribution in [2.45, 2.75) is 38.7 Å². The standard InChI is InChI=1S/C15H22N6O5/c1-3-20(4-2)15(24)26-13-11-12(18-14(16)19-13)21(7-17-11)10-5-8(23)9(6-22)25-10/h7-10,22-23H,3-6H2,1-2H3,(H2,16,18,19). The third kappa shape index (κ3) is 3.28. The number of imidazole rings is 1. The summed E-state index contributed by atoms with van der Waals surface area (Å²) in [6.45, 7) is 4.36. The summed E-state index contributed by atoms with van der Waals surface area (Å²) < 4.78 is 12.5. The van der Waals surface area contributed by atoms with Crippen molar-refractivity contribution >= 4 is 23.2 Å². The number of carbonyl (C=O) groups excluding carboxylic acids is 1. The number of anilines is 1. The maximum absolute atomic E-state index is 12.2. The van der Waals surface area contributed by atoms with E-state index in [0.717, 1.165) is 0 Å². The summed E-state index contributed by atoms with van der Waals surface area (Å²) in [6, 6.07) is 0. The molecule has 142 valence electrons. The van der Waals surface area contributed by atoms with Crippen molar-refractivity contribution in [1.29, 1.82) is 0 Å². The largest absolute Gasteiger partial charge is 0.416 e. The van der Waals surface area contributed by atoms with Gasteiger partial charge in [-0.25, -0.2) is 9.78 Å². The van der Waals surface area contributed by atoms with E-state index in [1.165, 1.54) is 11.2 Å². The van der Waals surface area contributed by atoms with E-state index < -0.39 is 24.5 Å². The minimum atomic E-state index is -0.804. The van der Waals surface area contributed by atoms with E-state index >= 15 is 0 Å². The summed E-state index contributed by atoms with van der Waals surface area (Å²) in [6.07, 6.45) is -0.914. The Balaban J connectivity index is 1.93. The first-order valence-electron chi connectivity index (χ1n) is 8.39. The second-order valence-electron chi connectivity index (χ2n) is 5.87. The Kier molecular flexibility index (Phi) is 5.20. The van der Waals surface area contributed by atoms with E-state index in [1.807, 2.05) is 13.8 Å². The average molecular weight is 366 g/mol. The smallest absolute Gasteiger partial charge is 0.394 e. The number of fused-ring (bicyclic) bond motifs is 1. The highest BCUT2D eigenvalue weighted by atomic mass is 16.6. The predicted molar refractivity (Wildman–Crippen MR) is 90.3 cm³/mol. The van der Waals surface area contributed by atoms with Crippen LogP contribution in [-0.2, 0) is 4.74 Å². The zero-order chi connectivity index (χ0) is 18.8. The van der Waals surface area contributed by atoms with Gasteiger partial charge in [-0.2, -0.15) is 9.97 Å². The van der Waals surface area contributed by atoms with E-state index in [0.29, 0.717) is 18.7 Å². The highest BCUT2D eigenvalue weighted by Crippen LogP contribution is 2.32. The van der Waals surface area contributed by atoms with Gasteiger partial charge >= 0.3 is 6.09 Å². The van der Waals surface area contributed by atoms with Crippen LogP contribution in [0, 0.1) is 0 Å². The van der Waals surface area contributed by atoms with Crippen molar-refractivity contribution in [3.05, 3.63) is 6.33 Å². The summed E-state index contributed by atoms with van der Waals surface area (Å²) in [5, 5.41) is 19.2. The number of aromatic nitrogens is 4. The van der Waals surface area contributed by atoms with Crippen LogP contribution in [0.25, 0.3) is 11.2 Å². The average Bonchev–Trinajstić information content (AvgIpc) is 3.18. The molecule has 0 spiro atoms. The summed E-state index contributed by atoms with van der Waals surface area (Å²) >= 11 is 0. The van der Waals surface area contributed by atoms with Crippen LogP contribution in [0.3, 0.4) is 0 Å². The third-order valence-corrected chi connectivity index (χ3v) is 4.31. The lowest BCUT2D eigenvalue weighted by Gasteiger charge is -2.17. The number of hydrogen-bond acceptors (Lipinski definition) is 9. The number of aliphatic hydroxyl groups is 2. The molecule has 2 aromatic rings. The number of ether oxygens (including phenoxy) is 2. The maximum Gasteiger partial charge on any atom is 0.416 e. The number of amides is 1. The van der Waals surface area contributed by atoms with Gasteiger partial charge in [0.15, 0.2) is 11.2 Å². The molecule has 1 fully saturated rings. The molecule has 0 saturated carbocycles. The van der Waals surface area contributed by atoms with Gasteiger partial charge < -0.3 is 30.3 Å². The molecule has 0 aromatic carbocycles. The van der Waals surface area contributed by atoms with Gasteiger partial charge in [0.2, 0.25) is 5.95 Å². The third-order valence-electron chi connectivity index (χ3n) is 4.31. The zero-order valence-electron chi connectivity index (χ0n) is 14.6. The van der Waals surface area contributed by atoms with E-state index in [9.17, 15) is 15.0 Å². The molecule has 11 nitrogen and oxygen atoms in total. The zero-order valence-corrected chi connectivity index (χ0v) is 14.6. The van der Waals surface area contributed by atoms with Gasteiger partial charge in [0.1, 0.15) is 12.3 Å². The Morgan fingerprint density at radius 3 is 2.81 bits per heavy atom. The lowest BCUT2D eigenvalue weighted by atomic mass is 10.2. The van der Waals surface area contributed by atoms with Gasteiger partial charge in [-0.15, -0.1) is 0 Å². The molecule has 0 bridgehead atoms. The summed E-state index contributed by atoms with van der Waals surface area (Å²) in [5.74, 6) is -0.126. The number of hydrogen-bond donors (Lipinski definition) is 3. The van der Waals surface area contributed by atoms with Crippen molar-refractivity contribution in [1.82, 2.24) is 24.4 Å². The molecular weight excluding hydrogens is 344 g/mol. The monoisotopic (exact) mass is 366 g/mol. The summed E-state index contributed by atoms with van der Waals surface area (Å²) in [5.41, 5.74) is 6.32. The Hall–Kier alpha value is -2.50. The van der Waals surface area contributed by atoms with E-state index in [2.05, 4.69) is 15.0 Å². The van der Waals surface area contributed by atoms with Crippen LogP contribution in [0.15, 0.2) is 6.33 Å². The first kappa shape index (κ1) is 18.3. The molecule has 3 unspecified atom stereocenters. The molecule has 1 aliphatic heterocycles. The number of nitrogens with two attached hydrogens (primary N) is 1. The van der Waals surface area contributed by atoms with E-state index in [1.54, 1.807) is 4.57 Å². The first-order chi connectivity index (χ1) is 12.5. The fourth-order valence-electron chi connectivity index (χ4n) is 2.87. The molecule has 0 radical (unpaired) electrons. The molecule has 3 rings (SSSR count). The molecule has 3 heterocycles. The Labute approximate surface area is 149 Å². The van der Waals surface area contributed by atoms with E-state index in [4.69, 9.17) is 15.2 Å². The van der Waals surface area contributed by atoms with Gasteiger partial charge in [-0.1, -0.05) is 0 Å². The maximum atomic E-state index is 12.2. The fraction of sp³-hybridized carbons (Fsp3) is 0.600. The number of carbonyl (C=O) groups is 1. The number of rotatable bonds is 5. The van der Waals surface area contributed by atoms with Crippen LogP contribution in [0.2, 0.25) is 0 Å². The summed E-state index contributed by atoms with van der Waals surface area (Å²) in [4.78, 5) is 26.0. The van der Waals surface area contributed by atoms with E-state index in [-0.39, 0.29) is 30.4 Å². The molecule has 1 saturated heterocycles. The lowest BCUT2D eigenvalue weighted by Crippen LogP contribution is -2.33. The highest BCUT2D eigenvalue weighted by Gasteiger charge is 2.35. The molecule has 0 aliphatic carbocycles. The van der Waals surface area contributed by atoms with Crippen LogP contribution < -0.4 is 10.5 Å². The minimum Gasteiger partial charge on any atom is -0.394 e. The van der Waals surface area contributed by atoms with Crippen LogP contribution in [0.5, 0.6) is 5.88 Å². The van der Waals surface area contributed by atoms with Gasteiger partial charge in [0.25, 0.3) is 5.88 Å². The first-order valence-corrected chi connectivity index (χ1v) is 8.39. The quantitative estimate of drug-likeness (QED) is 0.659. The molecule has 2 aromatic heterocycles. The van der Waals surface area contributed by atoms with Gasteiger partial charge in [-0.3, -0.25) is 4.57 Å². The second kappa shape index (κ2) is 7.40. The van der Waals surface area contributed by atoms with Crippen molar-refractivity contribution in [2.24, 2.45) is 0 Å². The van der Waals surface area contributed by atoms with Gasteiger partial charge in [-0.05, 0) is 13.8 Å².